The van der Waals surface area contributed by atoms with Gasteiger partial charge in [-0.25, -0.2) is 0 Å². The van der Waals surface area contributed by atoms with Crippen molar-refractivity contribution in [3.05, 3.63) is 99.5 Å². The molecule has 5 heteroatoms. The molecule has 3 aromatic rings. The van der Waals surface area contributed by atoms with E-state index >= 15 is 0 Å². The van der Waals surface area contributed by atoms with Crippen molar-refractivity contribution < 1.29 is 4.74 Å². The van der Waals surface area contributed by atoms with Gasteiger partial charge in [0.1, 0.15) is 12.4 Å². The summed E-state index contributed by atoms with van der Waals surface area (Å²) in [5, 5.41) is 4.78. The van der Waals surface area contributed by atoms with Gasteiger partial charge in [0, 0.05) is 28.2 Å². The predicted molar refractivity (Wildman–Crippen MR) is 116 cm³/mol. The zero-order valence-electron chi connectivity index (χ0n) is 15.0. The summed E-state index contributed by atoms with van der Waals surface area (Å²) in [7, 11) is 0. The molecule has 0 saturated carbocycles. The molecule has 3 rings (SSSR count). The number of hydrogen-bond donors (Lipinski definition) is 1. The zero-order chi connectivity index (χ0) is 18.4. The van der Waals surface area contributed by atoms with Crippen LogP contribution in [0.3, 0.4) is 0 Å². The maximum absolute atomic E-state index is 6.17. The van der Waals surface area contributed by atoms with Crippen molar-refractivity contribution in [1.29, 1.82) is 0 Å². The molecule has 3 aromatic carbocycles. The summed E-state index contributed by atoms with van der Waals surface area (Å²) in [5.74, 6) is 0.816. The van der Waals surface area contributed by atoms with Crippen molar-refractivity contribution in [3.63, 3.8) is 0 Å². The van der Waals surface area contributed by atoms with Gasteiger partial charge in [-0.2, -0.15) is 0 Å². The molecule has 0 radical (unpaired) electrons. The highest BCUT2D eigenvalue weighted by molar-refractivity contribution is 6.35. The van der Waals surface area contributed by atoms with Gasteiger partial charge in [0.05, 0.1) is 0 Å². The van der Waals surface area contributed by atoms with Crippen LogP contribution in [-0.2, 0) is 13.2 Å². The van der Waals surface area contributed by atoms with Crippen molar-refractivity contribution in [2.75, 3.05) is 0 Å². The average Bonchev–Trinajstić information content (AvgIpc) is 2.67. The Labute approximate surface area is 176 Å². The lowest BCUT2D eigenvalue weighted by Crippen LogP contribution is -2.17. The first-order valence-electron chi connectivity index (χ1n) is 8.56. The van der Waals surface area contributed by atoms with Crippen molar-refractivity contribution in [2.45, 2.75) is 26.1 Å². The van der Waals surface area contributed by atoms with Crippen LogP contribution in [0.4, 0.5) is 0 Å². The Bertz CT molecular complexity index is 838. The second-order valence-electron chi connectivity index (χ2n) is 6.18. The second kappa shape index (κ2) is 10.6. The highest BCUT2D eigenvalue weighted by atomic mass is 35.5. The molecule has 0 bridgehead atoms. The molecule has 0 aliphatic rings. The first kappa shape index (κ1) is 21.6. The van der Waals surface area contributed by atoms with Gasteiger partial charge >= 0.3 is 0 Å². The summed E-state index contributed by atoms with van der Waals surface area (Å²) >= 11 is 12.1. The minimum Gasteiger partial charge on any atom is -0.489 e. The molecular weight excluding hydrogens is 401 g/mol. The molecule has 0 aromatic heterocycles. The van der Waals surface area contributed by atoms with E-state index in [0.29, 0.717) is 22.7 Å². The number of nitrogens with one attached hydrogen (secondary N) is 1. The Morgan fingerprint density at radius 1 is 0.926 bits per heavy atom. The Balaban J connectivity index is 0.00000261. The van der Waals surface area contributed by atoms with Gasteiger partial charge in [-0.15, -0.1) is 12.4 Å². The first-order chi connectivity index (χ1) is 12.6. The smallest absolute Gasteiger partial charge is 0.119 e. The molecule has 142 valence electrons. The topological polar surface area (TPSA) is 21.3 Å². The minimum atomic E-state index is 0. The van der Waals surface area contributed by atoms with Gasteiger partial charge in [-0.3, -0.25) is 0 Å². The largest absolute Gasteiger partial charge is 0.489 e. The lowest BCUT2D eigenvalue weighted by atomic mass is 10.1. The summed E-state index contributed by atoms with van der Waals surface area (Å²) in [5.41, 5.74) is 3.41. The number of ether oxygens (including phenoxy) is 1. The molecule has 0 heterocycles. The highest BCUT2D eigenvalue weighted by Gasteiger charge is 2.05. The van der Waals surface area contributed by atoms with E-state index in [1.807, 2.05) is 30.3 Å². The lowest BCUT2D eigenvalue weighted by Gasteiger charge is -2.14. The molecule has 0 saturated heterocycles. The van der Waals surface area contributed by atoms with E-state index in [0.717, 1.165) is 17.9 Å². The van der Waals surface area contributed by atoms with Crippen LogP contribution >= 0.6 is 35.6 Å². The minimum absolute atomic E-state index is 0. The Morgan fingerprint density at radius 2 is 1.63 bits per heavy atom. The number of rotatable bonds is 7. The molecule has 1 atom stereocenters. The van der Waals surface area contributed by atoms with Crippen molar-refractivity contribution >= 4 is 35.6 Å². The van der Waals surface area contributed by atoms with Gasteiger partial charge in [-0.05, 0) is 42.3 Å². The number of hydrogen-bond acceptors (Lipinski definition) is 2. The van der Waals surface area contributed by atoms with Gasteiger partial charge < -0.3 is 10.1 Å². The maximum atomic E-state index is 6.17. The third kappa shape index (κ3) is 6.44. The van der Waals surface area contributed by atoms with Crippen LogP contribution in [0.1, 0.15) is 29.7 Å². The SMILES string of the molecule is CC(NCc1ccc(OCc2ccc(Cl)cc2Cl)cc1)c1ccccc1.Cl. The molecular formula is C22H22Cl3NO. The van der Waals surface area contributed by atoms with E-state index in [4.69, 9.17) is 27.9 Å². The lowest BCUT2D eigenvalue weighted by molar-refractivity contribution is 0.306. The van der Waals surface area contributed by atoms with Crippen molar-refractivity contribution in [2.24, 2.45) is 0 Å². The Morgan fingerprint density at radius 3 is 2.30 bits per heavy atom. The Hall–Kier alpha value is -1.71. The van der Waals surface area contributed by atoms with E-state index < -0.39 is 0 Å². The van der Waals surface area contributed by atoms with E-state index in [1.54, 1.807) is 6.07 Å². The zero-order valence-corrected chi connectivity index (χ0v) is 17.3. The van der Waals surface area contributed by atoms with Gasteiger partial charge in [-0.1, -0.05) is 71.7 Å². The third-order valence-electron chi connectivity index (χ3n) is 4.24. The van der Waals surface area contributed by atoms with Crippen LogP contribution in [-0.4, -0.2) is 0 Å². The van der Waals surface area contributed by atoms with Gasteiger partial charge in [0.2, 0.25) is 0 Å². The monoisotopic (exact) mass is 421 g/mol. The molecule has 1 unspecified atom stereocenters. The van der Waals surface area contributed by atoms with Crippen molar-refractivity contribution in [1.82, 2.24) is 5.32 Å². The molecule has 1 N–H and O–H groups in total. The van der Waals surface area contributed by atoms with Crippen LogP contribution in [0, 0.1) is 0 Å². The molecule has 2 nitrogen and oxygen atoms in total. The van der Waals surface area contributed by atoms with Gasteiger partial charge in [0.25, 0.3) is 0 Å². The fourth-order valence-corrected chi connectivity index (χ4v) is 3.10. The Kier molecular flexibility index (Phi) is 8.46. The summed E-state index contributed by atoms with van der Waals surface area (Å²) in [6.45, 7) is 3.39. The van der Waals surface area contributed by atoms with E-state index in [-0.39, 0.29) is 12.4 Å². The van der Waals surface area contributed by atoms with Crippen LogP contribution in [0.25, 0.3) is 0 Å². The maximum Gasteiger partial charge on any atom is 0.119 e. The van der Waals surface area contributed by atoms with E-state index in [9.17, 15) is 0 Å². The number of halogens is 3. The molecule has 27 heavy (non-hydrogen) atoms. The normalized spacial score (nSPS) is 11.5. The van der Waals surface area contributed by atoms with Crippen LogP contribution in [0.15, 0.2) is 72.8 Å². The van der Waals surface area contributed by atoms with E-state index in [2.05, 4.69) is 48.6 Å². The predicted octanol–water partition coefficient (Wildman–Crippen LogP) is 6.85. The number of benzene rings is 3. The standard InChI is InChI=1S/C22H21Cl2NO.ClH/c1-16(18-5-3-2-4-6-18)25-14-17-7-11-21(12-8-17)26-15-19-9-10-20(23)13-22(19)24;/h2-13,16,25H,14-15H2,1H3;1H. The molecule has 0 aliphatic carbocycles. The molecule has 0 aliphatic heterocycles. The van der Waals surface area contributed by atoms with Crippen molar-refractivity contribution in [3.8, 4) is 5.75 Å². The molecule has 0 amide bonds. The quantitative estimate of drug-likeness (QED) is 0.450. The van der Waals surface area contributed by atoms with Crippen LogP contribution < -0.4 is 10.1 Å². The fraction of sp³-hybridized carbons (Fsp3) is 0.182. The molecule has 0 spiro atoms. The third-order valence-corrected chi connectivity index (χ3v) is 4.83. The summed E-state index contributed by atoms with van der Waals surface area (Å²) in [4.78, 5) is 0. The summed E-state index contributed by atoms with van der Waals surface area (Å²) < 4.78 is 5.81. The second-order valence-corrected chi connectivity index (χ2v) is 7.03. The first-order valence-corrected chi connectivity index (χ1v) is 9.31. The highest BCUT2D eigenvalue weighted by Crippen LogP contribution is 2.23. The summed E-state index contributed by atoms with van der Waals surface area (Å²) in [6.07, 6.45) is 0. The molecule has 0 fully saturated rings. The van der Waals surface area contributed by atoms with Gasteiger partial charge in [0.15, 0.2) is 0 Å². The van der Waals surface area contributed by atoms with E-state index in [1.165, 1.54) is 11.1 Å². The summed E-state index contributed by atoms with van der Waals surface area (Å²) in [6, 6.07) is 24.3. The average molecular weight is 423 g/mol. The van der Waals surface area contributed by atoms with Crippen LogP contribution in [0.2, 0.25) is 10.0 Å². The van der Waals surface area contributed by atoms with Crippen LogP contribution in [0.5, 0.6) is 5.75 Å². The fourth-order valence-electron chi connectivity index (χ4n) is 2.63.